The number of benzene rings is 2. The number of pyridine rings is 1. The third-order valence-corrected chi connectivity index (χ3v) is 4.62. The molecule has 2 heterocycles. The molecule has 2 aromatic heterocycles. The Hall–Kier alpha value is -4.00. The van der Waals surface area contributed by atoms with Crippen molar-refractivity contribution < 1.29 is 9.72 Å². The molecule has 7 nitrogen and oxygen atoms in total. The van der Waals surface area contributed by atoms with Gasteiger partial charge in [0.05, 0.1) is 4.92 Å². The maximum Gasteiger partial charge on any atom is 0.270 e. The first-order chi connectivity index (χ1) is 14.1. The SMILES string of the molecule is O=C(Cn1ccc2cc([N+](=O)[O-])ccc21)N=c1ccccn1Cc1ccccc1. The quantitative estimate of drug-likeness (QED) is 0.389. The second kappa shape index (κ2) is 7.93. The van der Waals surface area contributed by atoms with Crippen molar-refractivity contribution in [1.29, 1.82) is 0 Å². The Bertz CT molecular complexity index is 1260. The number of carbonyl (C=O) groups is 1. The lowest BCUT2D eigenvalue weighted by atomic mass is 10.2. The van der Waals surface area contributed by atoms with Crippen molar-refractivity contribution in [2.75, 3.05) is 0 Å². The highest BCUT2D eigenvalue weighted by Crippen LogP contribution is 2.21. The largest absolute Gasteiger partial charge is 0.338 e. The second-order valence-corrected chi connectivity index (χ2v) is 6.62. The molecule has 0 bridgehead atoms. The van der Waals surface area contributed by atoms with Crippen molar-refractivity contribution in [3.05, 3.63) is 106 Å². The van der Waals surface area contributed by atoms with E-state index in [4.69, 9.17) is 0 Å². The number of nitrogens with zero attached hydrogens (tertiary/aromatic N) is 4. The van der Waals surface area contributed by atoms with Crippen LogP contribution in [0.1, 0.15) is 5.56 Å². The van der Waals surface area contributed by atoms with Gasteiger partial charge in [-0.3, -0.25) is 14.9 Å². The van der Waals surface area contributed by atoms with Crippen LogP contribution in [-0.4, -0.2) is 20.0 Å². The van der Waals surface area contributed by atoms with Gasteiger partial charge in [-0.2, -0.15) is 4.99 Å². The summed E-state index contributed by atoms with van der Waals surface area (Å²) < 4.78 is 3.67. The summed E-state index contributed by atoms with van der Waals surface area (Å²) in [6.45, 7) is 0.672. The average molecular weight is 386 g/mol. The Morgan fingerprint density at radius 1 is 0.931 bits per heavy atom. The van der Waals surface area contributed by atoms with Crippen molar-refractivity contribution in [3.63, 3.8) is 0 Å². The van der Waals surface area contributed by atoms with E-state index in [1.807, 2.05) is 53.2 Å². The van der Waals surface area contributed by atoms with Crippen molar-refractivity contribution in [2.45, 2.75) is 13.1 Å². The number of aromatic nitrogens is 2. The lowest BCUT2D eigenvalue weighted by Crippen LogP contribution is -2.23. The van der Waals surface area contributed by atoms with Crippen molar-refractivity contribution >= 4 is 22.5 Å². The van der Waals surface area contributed by atoms with E-state index in [0.717, 1.165) is 11.1 Å². The fourth-order valence-corrected chi connectivity index (χ4v) is 3.23. The van der Waals surface area contributed by atoms with E-state index in [9.17, 15) is 14.9 Å². The monoisotopic (exact) mass is 386 g/mol. The molecule has 1 amide bonds. The zero-order valence-corrected chi connectivity index (χ0v) is 15.5. The molecule has 2 aromatic carbocycles. The van der Waals surface area contributed by atoms with Crippen LogP contribution in [0.25, 0.3) is 10.9 Å². The van der Waals surface area contributed by atoms with Gasteiger partial charge in [0.15, 0.2) is 0 Å². The smallest absolute Gasteiger partial charge is 0.270 e. The molecular weight excluding hydrogens is 368 g/mol. The van der Waals surface area contributed by atoms with Crippen molar-refractivity contribution in [2.24, 2.45) is 4.99 Å². The molecule has 0 atom stereocenters. The van der Waals surface area contributed by atoms with Crippen LogP contribution in [0, 0.1) is 10.1 Å². The van der Waals surface area contributed by atoms with Gasteiger partial charge in [-0.25, -0.2) is 0 Å². The van der Waals surface area contributed by atoms with Gasteiger partial charge in [-0.15, -0.1) is 0 Å². The molecule has 0 unspecified atom stereocenters. The fraction of sp³-hybridized carbons (Fsp3) is 0.0909. The molecule has 0 radical (unpaired) electrons. The molecule has 0 fully saturated rings. The van der Waals surface area contributed by atoms with Gasteiger partial charge in [-0.1, -0.05) is 36.4 Å². The molecule has 7 heteroatoms. The Morgan fingerprint density at radius 2 is 1.72 bits per heavy atom. The Labute approximate surface area is 166 Å². The summed E-state index contributed by atoms with van der Waals surface area (Å²) in [4.78, 5) is 27.4. The predicted octanol–water partition coefficient (Wildman–Crippen LogP) is 3.53. The fourth-order valence-electron chi connectivity index (χ4n) is 3.23. The number of carbonyl (C=O) groups excluding carboxylic acids is 1. The zero-order chi connectivity index (χ0) is 20.2. The van der Waals surface area contributed by atoms with E-state index in [2.05, 4.69) is 4.99 Å². The number of rotatable bonds is 5. The third kappa shape index (κ3) is 4.14. The predicted molar refractivity (Wildman–Crippen MR) is 109 cm³/mol. The minimum Gasteiger partial charge on any atom is -0.338 e. The zero-order valence-electron chi connectivity index (χ0n) is 15.5. The Balaban J connectivity index is 1.59. The molecule has 29 heavy (non-hydrogen) atoms. The molecule has 0 aliphatic rings. The van der Waals surface area contributed by atoms with Crippen LogP contribution in [0.5, 0.6) is 0 Å². The second-order valence-electron chi connectivity index (χ2n) is 6.62. The summed E-state index contributed by atoms with van der Waals surface area (Å²) in [7, 11) is 0. The van der Waals surface area contributed by atoms with Gasteiger partial charge in [0.1, 0.15) is 12.0 Å². The van der Waals surface area contributed by atoms with Crippen molar-refractivity contribution in [1.82, 2.24) is 9.13 Å². The lowest BCUT2D eigenvalue weighted by molar-refractivity contribution is -0.384. The van der Waals surface area contributed by atoms with Crippen LogP contribution < -0.4 is 5.49 Å². The molecule has 0 saturated carbocycles. The Kier molecular flexibility index (Phi) is 5.03. The average Bonchev–Trinajstić information content (AvgIpc) is 3.12. The first kappa shape index (κ1) is 18.4. The first-order valence-electron chi connectivity index (χ1n) is 9.10. The molecule has 4 aromatic rings. The normalized spacial score (nSPS) is 11.7. The van der Waals surface area contributed by atoms with Crippen LogP contribution in [0.15, 0.2) is 90.2 Å². The Morgan fingerprint density at radius 3 is 2.52 bits per heavy atom. The number of hydrogen-bond acceptors (Lipinski definition) is 3. The van der Waals surface area contributed by atoms with Gasteiger partial charge >= 0.3 is 0 Å². The molecular formula is C22H18N4O3. The molecule has 0 aliphatic heterocycles. The highest BCUT2D eigenvalue weighted by molar-refractivity contribution is 5.85. The van der Waals surface area contributed by atoms with Crippen LogP contribution in [-0.2, 0) is 17.9 Å². The number of nitro benzene ring substituents is 1. The summed E-state index contributed by atoms with van der Waals surface area (Å²) in [5, 5.41) is 11.6. The number of fused-ring (bicyclic) bond motifs is 1. The maximum atomic E-state index is 12.6. The highest BCUT2D eigenvalue weighted by Gasteiger charge is 2.10. The molecule has 0 spiro atoms. The third-order valence-electron chi connectivity index (χ3n) is 4.62. The number of amides is 1. The van der Waals surface area contributed by atoms with Crippen LogP contribution in [0.2, 0.25) is 0 Å². The summed E-state index contributed by atoms with van der Waals surface area (Å²) in [6.07, 6.45) is 3.63. The first-order valence-corrected chi connectivity index (χ1v) is 9.10. The minimum absolute atomic E-state index is 0.0255. The van der Waals surface area contributed by atoms with Crippen molar-refractivity contribution in [3.8, 4) is 0 Å². The van der Waals surface area contributed by atoms with E-state index in [1.54, 1.807) is 29.0 Å². The summed E-state index contributed by atoms with van der Waals surface area (Å²) in [5.74, 6) is -0.297. The van der Waals surface area contributed by atoms with Crippen LogP contribution in [0.3, 0.4) is 0 Å². The molecule has 0 saturated heterocycles. The van der Waals surface area contributed by atoms with Gasteiger partial charge < -0.3 is 9.13 Å². The number of non-ortho nitro benzene ring substituents is 1. The van der Waals surface area contributed by atoms with Gasteiger partial charge in [0.25, 0.3) is 11.6 Å². The molecule has 0 aliphatic carbocycles. The standard InChI is InChI=1S/C22H18N4O3/c27-22(16-24-13-11-18-14-19(26(28)29)9-10-20(18)24)23-21-8-4-5-12-25(21)15-17-6-2-1-3-7-17/h1-14H,15-16H2. The molecule has 0 N–H and O–H groups in total. The van der Waals surface area contributed by atoms with E-state index in [1.165, 1.54) is 12.1 Å². The van der Waals surface area contributed by atoms with E-state index >= 15 is 0 Å². The van der Waals surface area contributed by atoms with Crippen LogP contribution in [0.4, 0.5) is 5.69 Å². The highest BCUT2D eigenvalue weighted by atomic mass is 16.6. The maximum absolute atomic E-state index is 12.6. The minimum atomic E-state index is -0.432. The lowest BCUT2D eigenvalue weighted by Gasteiger charge is -2.07. The summed E-state index contributed by atoms with van der Waals surface area (Å²) >= 11 is 0. The topological polar surface area (TPSA) is 82.4 Å². The van der Waals surface area contributed by atoms with Gasteiger partial charge in [0.2, 0.25) is 0 Å². The molecule has 144 valence electrons. The number of nitro groups is 1. The van der Waals surface area contributed by atoms with Crippen LogP contribution >= 0.6 is 0 Å². The molecule has 4 rings (SSSR count). The van der Waals surface area contributed by atoms with E-state index < -0.39 is 4.92 Å². The summed E-state index contributed by atoms with van der Waals surface area (Å²) in [5.41, 5.74) is 2.47. The van der Waals surface area contributed by atoms with E-state index in [0.29, 0.717) is 17.4 Å². The summed E-state index contributed by atoms with van der Waals surface area (Å²) in [6, 6.07) is 21.9. The van der Waals surface area contributed by atoms with Gasteiger partial charge in [-0.05, 0) is 29.8 Å². The number of hydrogen-bond donors (Lipinski definition) is 0. The van der Waals surface area contributed by atoms with Gasteiger partial charge in [0, 0.05) is 42.0 Å². The van der Waals surface area contributed by atoms with E-state index in [-0.39, 0.29) is 18.1 Å².